The number of hydrogen-bond donors (Lipinski definition) is 2. The van der Waals surface area contributed by atoms with Gasteiger partial charge in [0.2, 0.25) is 0 Å². The van der Waals surface area contributed by atoms with Crippen molar-refractivity contribution >= 4 is 39.5 Å². The Morgan fingerprint density at radius 3 is 2.90 bits per heavy atom. The fourth-order valence-electron chi connectivity index (χ4n) is 4.69. The first-order valence-corrected chi connectivity index (χ1v) is 13.8. The van der Waals surface area contributed by atoms with Crippen LogP contribution in [0.2, 0.25) is 5.02 Å². The lowest BCUT2D eigenvalue weighted by Gasteiger charge is -2.36. The van der Waals surface area contributed by atoms with E-state index in [1.165, 1.54) is 6.07 Å². The Kier molecular flexibility index (Phi) is 4.97. The van der Waals surface area contributed by atoms with Crippen molar-refractivity contribution in [1.82, 2.24) is 9.39 Å². The minimum Gasteiger partial charge on any atom is -0.563 e. The van der Waals surface area contributed by atoms with Gasteiger partial charge >= 0.3 is 6.09 Å². The molecule has 0 aliphatic carbocycles. The van der Waals surface area contributed by atoms with Gasteiger partial charge in [-0.1, -0.05) is 24.6 Å². The van der Waals surface area contributed by atoms with Crippen LogP contribution in [0.1, 0.15) is 29.5 Å². The number of rotatable bonds is 2. The maximum Gasteiger partial charge on any atom is 0.415 e. The lowest BCUT2D eigenvalue weighted by Crippen LogP contribution is -2.43. The van der Waals surface area contributed by atoms with Crippen LogP contribution in [0, 0.1) is 25.5 Å². The summed E-state index contributed by atoms with van der Waals surface area (Å²) < 4.78 is 37.2. The summed E-state index contributed by atoms with van der Waals surface area (Å²) in [6, 6.07) is 7.92. The third-order valence-electron chi connectivity index (χ3n) is 6.26. The van der Waals surface area contributed by atoms with Gasteiger partial charge in [0.05, 0.1) is 5.69 Å². The van der Waals surface area contributed by atoms with E-state index in [1.807, 2.05) is 25.1 Å². The SMILES string of the molecule is Cc1ccc(F)c([C@@H](C)[C@H]2[C-]3OC(=O)N[P+]3=S3(=O)c4ccc(Cl)cc4NCCN23)c1C. The molecule has 0 radical (unpaired) electrons. The zero-order chi connectivity index (χ0) is 22.1. The Labute approximate surface area is 186 Å². The van der Waals surface area contributed by atoms with E-state index in [0.717, 1.165) is 11.1 Å². The van der Waals surface area contributed by atoms with E-state index < -0.39 is 28.3 Å². The summed E-state index contributed by atoms with van der Waals surface area (Å²) >= 11 is 6.18. The molecule has 0 saturated carbocycles. The molecule has 1 fully saturated rings. The molecule has 6 nitrogen and oxygen atoms in total. The van der Waals surface area contributed by atoms with Gasteiger partial charge in [0.15, 0.2) is 16.1 Å². The van der Waals surface area contributed by atoms with Crippen molar-refractivity contribution in [1.29, 1.82) is 0 Å². The van der Waals surface area contributed by atoms with Crippen LogP contribution in [0.5, 0.6) is 0 Å². The van der Waals surface area contributed by atoms with Crippen LogP contribution >= 0.6 is 18.4 Å². The quantitative estimate of drug-likeness (QED) is 0.462. The molecule has 0 spiro atoms. The number of hydrogen-bond acceptors (Lipinski definition) is 4. The van der Waals surface area contributed by atoms with E-state index >= 15 is 0 Å². The molecule has 2 unspecified atom stereocenters. The second kappa shape index (κ2) is 7.34. The van der Waals surface area contributed by atoms with Gasteiger partial charge in [-0.15, -0.1) is 0 Å². The van der Waals surface area contributed by atoms with Crippen LogP contribution in [0.25, 0.3) is 0 Å². The van der Waals surface area contributed by atoms with Gasteiger partial charge < -0.3 is 10.1 Å². The third-order valence-corrected chi connectivity index (χ3v) is 13.6. The van der Waals surface area contributed by atoms with Gasteiger partial charge in [0.25, 0.3) is 0 Å². The Morgan fingerprint density at radius 1 is 1.35 bits per heavy atom. The van der Waals surface area contributed by atoms with Gasteiger partial charge in [0.1, 0.15) is 16.6 Å². The number of nitrogens with zero attached hydrogens (tertiary/aromatic N) is 1. The average Bonchev–Trinajstić information content (AvgIpc) is 3.15. The summed E-state index contributed by atoms with van der Waals surface area (Å²) in [5.41, 5.74) is 3.09. The summed E-state index contributed by atoms with van der Waals surface area (Å²) in [6.45, 7) is 5.10. The van der Waals surface area contributed by atoms with Gasteiger partial charge in [-0.05, 0) is 66.8 Å². The molecule has 5 rings (SSSR count). The maximum absolute atomic E-state index is 15.0. The van der Waals surface area contributed by atoms with E-state index in [9.17, 15) is 13.4 Å². The number of carbonyl (C=O) groups excluding carboxylic acids is 1. The smallest absolute Gasteiger partial charge is 0.415 e. The molecule has 4 atom stereocenters. The second-order valence-corrected chi connectivity index (χ2v) is 14.1. The highest BCUT2D eigenvalue weighted by Crippen LogP contribution is 2.61. The lowest BCUT2D eigenvalue weighted by molar-refractivity contribution is 0.155. The molecule has 2 aromatic rings. The highest BCUT2D eigenvalue weighted by Gasteiger charge is 2.55. The topological polar surface area (TPSA) is 70.7 Å². The molecule has 0 aromatic heterocycles. The van der Waals surface area contributed by atoms with Crippen molar-refractivity contribution in [2.24, 2.45) is 0 Å². The molecule has 3 aliphatic heterocycles. The highest BCUT2D eigenvalue weighted by molar-refractivity contribution is 8.30. The van der Waals surface area contributed by atoms with E-state index in [0.29, 0.717) is 40.1 Å². The number of fused-ring (bicyclic) bond motifs is 4. The van der Waals surface area contributed by atoms with Crippen molar-refractivity contribution in [3.8, 4) is 0 Å². The first-order chi connectivity index (χ1) is 14.7. The predicted molar refractivity (Wildman–Crippen MR) is 121 cm³/mol. The molecular weight excluding hydrogens is 460 g/mol. The van der Waals surface area contributed by atoms with Crippen LogP contribution < -0.4 is 10.4 Å². The van der Waals surface area contributed by atoms with Crippen molar-refractivity contribution in [3.63, 3.8) is 0 Å². The minimum atomic E-state index is -2.90. The largest absolute Gasteiger partial charge is 0.563 e. The summed E-state index contributed by atoms with van der Waals surface area (Å²) in [7, 11) is -2.90. The number of nitrogens with one attached hydrogen (secondary N) is 2. The van der Waals surface area contributed by atoms with Crippen molar-refractivity contribution in [2.75, 3.05) is 18.4 Å². The van der Waals surface area contributed by atoms with Crippen LogP contribution in [0.15, 0.2) is 35.2 Å². The fourth-order valence-corrected chi connectivity index (χ4v) is 12.7. The summed E-state index contributed by atoms with van der Waals surface area (Å²) in [6.07, 6.45) is -0.602. The van der Waals surface area contributed by atoms with Crippen LogP contribution in [-0.2, 0) is 14.0 Å². The van der Waals surface area contributed by atoms with Crippen LogP contribution in [0.3, 0.4) is 0 Å². The molecule has 2 aromatic carbocycles. The molecule has 31 heavy (non-hydrogen) atoms. The molecule has 0 bridgehead atoms. The standard InChI is InChI=1S/C21H22ClFN3O3PS/c1-11-4-6-15(23)18(12(11)2)13(3)19-20-29-21(27)25-30(20)31(28)17-7-5-14(22)10-16(17)24-8-9-26(19)31/h4-7,10,13,19,24H,8-9H2,1-3H3,(H,25,27)/t13-,19+,31?/m1/s1. The highest BCUT2D eigenvalue weighted by atomic mass is 35.5. The Hall–Kier alpha value is -1.86. The molecule has 1 saturated heterocycles. The van der Waals surface area contributed by atoms with E-state index in [-0.39, 0.29) is 11.7 Å². The minimum absolute atomic E-state index is 0.309. The number of carbonyl (C=O) groups is 1. The molecule has 10 heteroatoms. The Balaban J connectivity index is 1.72. The van der Waals surface area contributed by atoms with Crippen molar-refractivity contribution in [2.45, 2.75) is 37.6 Å². The van der Waals surface area contributed by atoms with Crippen molar-refractivity contribution in [3.05, 3.63) is 63.7 Å². The molecule has 2 N–H and O–H groups in total. The van der Waals surface area contributed by atoms with Crippen molar-refractivity contribution < 1.29 is 18.1 Å². The number of benzene rings is 2. The first kappa shape index (κ1) is 21.0. The fraction of sp³-hybridized carbons (Fsp3) is 0.333. The predicted octanol–water partition coefficient (Wildman–Crippen LogP) is 5.11. The van der Waals surface area contributed by atoms with E-state index in [1.54, 1.807) is 24.3 Å². The monoisotopic (exact) mass is 481 g/mol. The summed E-state index contributed by atoms with van der Waals surface area (Å²) in [5, 5.41) is 6.65. The molecule has 3 aliphatic rings. The molecule has 1 amide bonds. The van der Waals surface area contributed by atoms with Crippen LogP contribution in [0.4, 0.5) is 14.9 Å². The van der Waals surface area contributed by atoms with E-state index in [4.69, 9.17) is 16.3 Å². The average molecular weight is 482 g/mol. The maximum atomic E-state index is 15.0. The molecule has 164 valence electrons. The number of aryl methyl sites for hydroxylation is 1. The summed E-state index contributed by atoms with van der Waals surface area (Å²) in [4.78, 5) is 12.8. The Bertz CT molecular complexity index is 1250. The number of ether oxygens (including phenoxy) is 1. The van der Waals surface area contributed by atoms with E-state index in [2.05, 4.69) is 10.4 Å². The zero-order valence-corrected chi connectivity index (χ0v) is 19.7. The number of amides is 1. The zero-order valence-electron chi connectivity index (χ0n) is 17.2. The first-order valence-electron chi connectivity index (χ1n) is 9.99. The van der Waals surface area contributed by atoms with Gasteiger partial charge in [-0.3, -0.25) is 0 Å². The van der Waals surface area contributed by atoms with Gasteiger partial charge in [0, 0.05) is 18.1 Å². The number of anilines is 1. The normalized spacial score (nSPS) is 27.5. The van der Waals surface area contributed by atoms with Crippen LogP contribution in [-0.4, -0.2) is 33.7 Å². The van der Waals surface area contributed by atoms with Gasteiger partial charge in [-0.2, -0.15) is 5.09 Å². The summed E-state index contributed by atoms with van der Waals surface area (Å²) in [5.74, 6) is -0.221. The lowest BCUT2D eigenvalue weighted by atomic mass is 9.87. The molecular formula is C21H22ClFN3O3PS. The Morgan fingerprint density at radius 2 is 2.13 bits per heavy atom. The number of halogens is 2. The second-order valence-electron chi connectivity index (χ2n) is 7.97. The third kappa shape index (κ3) is 2.99. The molecule has 3 heterocycles. The van der Waals surface area contributed by atoms with Gasteiger partial charge in [-0.25, -0.2) is 17.7 Å².